The number of rotatable bonds is 4. The van der Waals surface area contributed by atoms with E-state index in [0.29, 0.717) is 18.5 Å². The van der Waals surface area contributed by atoms with Gasteiger partial charge in [-0.2, -0.15) is 0 Å². The fourth-order valence-electron chi connectivity index (χ4n) is 2.30. The second-order valence-corrected chi connectivity index (χ2v) is 5.91. The molecule has 6 heteroatoms. The predicted molar refractivity (Wildman–Crippen MR) is 78.5 cm³/mol. The summed E-state index contributed by atoms with van der Waals surface area (Å²) in [5.74, 6) is -0.346. The van der Waals surface area contributed by atoms with Crippen LogP contribution in [0.4, 0.5) is 0 Å². The van der Waals surface area contributed by atoms with Crippen LogP contribution in [0, 0.1) is 0 Å². The number of likely N-dealkylation sites (tertiary alicyclic amines) is 1. The Labute approximate surface area is 126 Å². The Morgan fingerprint density at radius 2 is 2.05 bits per heavy atom. The standard InChI is InChI=1S/C14H17BrN2O3/c1-17-8-11(18)6-12(17)14(20)16-7-13(19)9-2-4-10(15)5-3-9/h2-5,11-12,18H,6-8H2,1H3,(H,16,20)/t11-,12+/m1/s1. The molecule has 1 saturated heterocycles. The Balaban J connectivity index is 1.87. The van der Waals surface area contributed by atoms with Crippen LogP contribution in [0.3, 0.4) is 0 Å². The smallest absolute Gasteiger partial charge is 0.237 e. The highest BCUT2D eigenvalue weighted by atomic mass is 79.9. The van der Waals surface area contributed by atoms with Crippen LogP contribution in [0.5, 0.6) is 0 Å². The molecule has 0 aliphatic carbocycles. The molecule has 0 aromatic heterocycles. The first-order valence-corrected chi connectivity index (χ1v) is 7.21. The van der Waals surface area contributed by atoms with E-state index in [0.717, 1.165) is 4.47 Å². The van der Waals surface area contributed by atoms with Gasteiger partial charge in [0.05, 0.1) is 18.7 Å². The van der Waals surface area contributed by atoms with Crippen molar-refractivity contribution >= 4 is 27.6 Å². The summed E-state index contributed by atoms with van der Waals surface area (Å²) in [6, 6.07) is 6.64. The predicted octanol–water partition coefficient (Wildman–Crippen LogP) is 0.813. The van der Waals surface area contributed by atoms with Crippen LogP contribution in [-0.2, 0) is 4.79 Å². The summed E-state index contributed by atoms with van der Waals surface area (Å²) < 4.78 is 0.902. The largest absolute Gasteiger partial charge is 0.392 e. The van der Waals surface area contributed by atoms with Gasteiger partial charge in [0.15, 0.2) is 5.78 Å². The van der Waals surface area contributed by atoms with Gasteiger partial charge in [0.2, 0.25) is 5.91 Å². The van der Waals surface area contributed by atoms with Crippen LogP contribution in [0.15, 0.2) is 28.7 Å². The fourth-order valence-corrected chi connectivity index (χ4v) is 2.57. The van der Waals surface area contributed by atoms with Gasteiger partial charge in [0, 0.05) is 16.6 Å². The summed E-state index contributed by atoms with van der Waals surface area (Å²) >= 11 is 3.30. The average Bonchev–Trinajstić information content (AvgIpc) is 2.75. The van der Waals surface area contributed by atoms with Gasteiger partial charge in [-0.3, -0.25) is 14.5 Å². The number of nitrogens with one attached hydrogen (secondary N) is 1. The number of amides is 1. The van der Waals surface area contributed by atoms with Crippen LogP contribution in [0.25, 0.3) is 0 Å². The minimum Gasteiger partial charge on any atom is -0.392 e. The average molecular weight is 341 g/mol. The number of aliphatic hydroxyl groups excluding tert-OH is 1. The molecule has 1 aromatic rings. The molecule has 5 nitrogen and oxygen atoms in total. The molecule has 20 heavy (non-hydrogen) atoms. The zero-order valence-electron chi connectivity index (χ0n) is 11.2. The molecule has 1 heterocycles. The number of likely N-dealkylation sites (N-methyl/N-ethyl adjacent to an activating group) is 1. The number of nitrogens with zero attached hydrogens (tertiary/aromatic N) is 1. The molecule has 1 amide bonds. The van der Waals surface area contributed by atoms with Crippen molar-refractivity contribution < 1.29 is 14.7 Å². The van der Waals surface area contributed by atoms with Gasteiger partial charge in [-0.15, -0.1) is 0 Å². The van der Waals surface area contributed by atoms with E-state index in [4.69, 9.17) is 0 Å². The SMILES string of the molecule is CN1C[C@H](O)C[C@H]1C(=O)NCC(=O)c1ccc(Br)cc1. The number of Topliss-reactive ketones (excluding diaryl/α,β-unsaturated/α-hetero) is 1. The number of hydrogen-bond donors (Lipinski definition) is 2. The molecular formula is C14H17BrN2O3. The van der Waals surface area contributed by atoms with E-state index in [2.05, 4.69) is 21.2 Å². The van der Waals surface area contributed by atoms with E-state index in [1.54, 1.807) is 36.2 Å². The van der Waals surface area contributed by atoms with E-state index in [1.807, 2.05) is 0 Å². The van der Waals surface area contributed by atoms with Crippen molar-refractivity contribution in [2.75, 3.05) is 20.1 Å². The molecule has 0 radical (unpaired) electrons. The highest BCUT2D eigenvalue weighted by Gasteiger charge is 2.33. The topological polar surface area (TPSA) is 69.6 Å². The molecular weight excluding hydrogens is 324 g/mol. The number of benzene rings is 1. The summed E-state index contributed by atoms with van der Waals surface area (Å²) in [4.78, 5) is 25.7. The first-order valence-electron chi connectivity index (χ1n) is 6.42. The number of carbonyl (C=O) groups excluding carboxylic acids is 2. The van der Waals surface area contributed by atoms with Gasteiger partial charge >= 0.3 is 0 Å². The lowest BCUT2D eigenvalue weighted by molar-refractivity contribution is -0.124. The van der Waals surface area contributed by atoms with E-state index in [1.165, 1.54) is 0 Å². The Morgan fingerprint density at radius 3 is 2.60 bits per heavy atom. The van der Waals surface area contributed by atoms with Crippen molar-refractivity contribution in [1.82, 2.24) is 10.2 Å². The Bertz CT molecular complexity index is 504. The third-order valence-electron chi connectivity index (χ3n) is 3.42. The number of aliphatic hydroxyl groups is 1. The first kappa shape index (κ1) is 15.2. The Morgan fingerprint density at radius 1 is 1.40 bits per heavy atom. The first-order chi connectivity index (χ1) is 9.47. The zero-order valence-corrected chi connectivity index (χ0v) is 12.8. The lowest BCUT2D eigenvalue weighted by Gasteiger charge is -2.17. The second-order valence-electron chi connectivity index (χ2n) is 4.99. The van der Waals surface area contributed by atoms with E-state index in [-0.39, 0.29) is 24.3 Å². The number of hydrogen-bond acceptors (Lipinski definition) is 4. The highest BCUT2D eigenvalue weighted by Crippen LogP contribution is 2.15. The van der Waals surface area contributed by atoms with Crippen molar-refractivity contribution in [3.05, 3.63) is 34.3 Å². The lowest BCUT2D eigenvalue weighted by atomic mass is 10.1. The van der Waals surface area contributed by atoms with Crippen LogP contribution in [0.1, 0.15) is 16.8 Å². The summed E-state index contributed by atoms with van der Waals surface area (Å²) in [5.41, 5.74) is 0.563. The van der Waals surface area contributed by atoms with Crippen LogP contribution in [-0.4, -0.2) is 54.0 Å². The fraction of sp³-hybridized carbons (Fsp3) is 0.429. The summed E-state index contributed by atoms with van der Waals surface area (Å²) in [7, 11) is 1.79. The van der Waals surface area contributed by atoms with Gasteiger partial charge in [-0.1, -0.05) is 28.1 Å². The molecule has 0 unspecified atom stereocenters. The van der Waals surface area contributed by atoms with Crippen LogP contribution < -0.4 is 5.32 Å². The summed E-state index contributed by atoms with van der Waals surface area (Å²) in [6.07, 6.45) is -0.0626. The molecule has 2 atom stereocenters. The molecule has 0 spiro atoms. The van der Waals surface area contributed by atoms with E-state index < -0.39 is 6.10 Å². The van der Waals surface area contributed by atoms with Gasteiger partial charge in [0.1, 0.15) is 0 Å². The third-order valence-corrected chi connectivity index (χ3v) is 3.95. The molecule has 1 aliphatic rings. The van der Waals surface area contributed by atoms with Gasteiger partial charge in [-0.25, -0.2) is 0 Å². The van der Waals surface area contributed by atoms with E-state index in [9.17, 15) is 14.7 Å². The molecule has 0 bridgehead atoms. The zero-order chi connectivity index (χ0) is 14.7. The van der Waals surface area contributed by atoms with Crippen molar-refractivity contribution in [2.24, 2.45) is 0 Å². The third kappa shape index (κ3) is 3.65. The number of carbonyl (C=O) groups is 2. The van der Waals surface area contributed by atoms with Crippen molar-refractivity contribution in [3.63, 3.8) is 0 Å². The number of β-amino-alcohol motifs (C(OH)–C–C–N with tert-alkyl or cyclic N) is 1. The maximum Gasteiger partial charge on any atom is 0.237 e. The van der Waals surface area contributed by atoms with Crippen molar-refractivity contribution in [1.29, 1.82) is 0 Å². The maximum absolute atomic E-state index is 12.0. The van der Waals surface area contributed by atoms with Gasteiger partial charge in [0.25, 0.3) is 0 Å². The Hall–Kier alpha value is -1.24. The molecule has 1 aromatic carbocycles. The van der Waals surface area contributed by atoms with Crippen molar-refractivity contribution in [2.45, 2.75) is 18.6 Å². The highest BCUT2D eigenvalue weighted by molar-refractivity contribution is 9.10. The molecule has 0 saturated carbocycles. The van der Waals surface area contributed by atoms with Crippen LogP contribution >= 0.6 is 15.9 Å². The monoisotopic (exact) mass is 340 g/mol. The molecule has 2 N–H and O–H groups in total. The summed E-state index contributed by atoms with van der Waals surface area (Å²) in [6.45, 7) is 0.458. The maximum atomic E-state index is 12.0. The second kappa shape index (κ2) is 6.47. The van der Waals surface area contributed by atoms with Gasteiger partial charge < -0.3 is 10.4 Å². The quantitative estimate of drug-likeness (QED) is 0.796. The minimum absolute atomic E-state index is 0.0269. The summed E-state index contributed by atoms with van der Waals surface area (Å²) in [5, 5.41) is 12.1. The minimum atomic E-state index is -0.474. The van der Waals surface area contributed by atoms with Crippen LogP contribution in [0.2, 0.25) is 0 Å². The molecule has 1 aliphatic heterocycles. The number of ketones is 1. The van der Waals surface area contributed by atoms with Gasteiger partial charge in [-0.05, 0) is 25.6 Å². The molecule has 1 fully saturated rings. The molecule has 2 rings (SSSR count). The normalized spacial score (nSPS) is 22.8. The van der Waals surface area contributed by atoms with E-state index >= 15 is 0 Å². The Kier molecular flexibility index (Phi) is 4.91. The molecule has 108 valence electrons. The number of halogens is 1. The van der Waals surface area contributed by atoms with Crippen molar-refractivity contribution in [3.8, 4) is 0 Å². The lowest BCUT2D eigenvalue weighted by Crippen LogP contribution is -2.43.